The first kappa shape index (κ1) is 13.8. The van der Waals surface area contributed by atoms with Crippen LogP contribution in [0.4, 0.5) is 0 Å². The van der Waals surface area contributed by atoms with Gasteiger partial charge in [-0.25, -0.2) is 4.79 Å². The Kier molecular flexibility index (Phi) is 5.82. The molecule has 7 heteroatoms. The van der Waals surface area contributed by atoms with Crippen LogP contribution < -0.4 is 10.6 Å². The van der Waals surface area contributed by atoms with Crippen molar-refractivity contribution >= 4 is 30.0 Å². The van der Waals surface area contributed by atoms with Crippen LogP contribution in [-0.2, 0) is 14.4 Å². The molecule has 1 fully saturated rings. The molecule has 0 aromatic rings. The minimum atomic E-state index is -1.06. The number of hydrogen-bond acceptors (Lipinski definition) is 4. The average Bonchev–Trinajstić information content (AvgIpc) is 3.06. The topological polar surface area (TPSA) is 95.5 Å². The van der Waals surface area contributed by atoms with E-state index >= 15 is 0 Å². The highest BCUT2D eigenvalue weighted by atomic mass is 32.2. The van der Waals surface area contributed by atoms with Crippen LogP contribution in [0.2, 0.25) is 0 Å². The Morgan fingerprint density at radius 2 is 2.18 bits per heavy atom. The number of hydrogen-bond donors (Lipinski definition) is 3. The summed E-state index contributed by atoms with van der Waals surface area (Å²) in [5.41, 5.74) is 0. The second-order valence-electron chi connectivity index (χ2n) is 3.86. The third-order valence-corrected chi connectivity index (χ3v) is 3.28. The maximum absolute atomic E-state index is 11.3. The van der Waals surface area contributed by atoms with Gasteiger partial charge < -0.3 is 15.7 Å². The van der Waals surface area contributed by atoms with Crippen LogP contribution >= 0.6 is 11.8 Å². The van der Waals surface area contributed by atoms with Gasteiger partial charge in [0.05, 0.1) is 5.75 Å². The molecule has 0 spiro atoms. The molecule has 0 aromatic carbocycles. The van der Waals surface area contributed by atoms with E-state index in [9.17, 15) is 14.4 Å². The smallest absolute Gasteiger partial charge is 0.326 e. The molecule has 1 saturated carbocycles. The zero-order valence-corrected chi connectivity index (χ0v) is 10.2. The molecule has 0 saturated heterocycles. The maximum Gasteiger partial charge on any atom is 0.326 e. The number of carbonyl (C=O) groups is 3. The van der Waals surface area contributed by atoms with Gasteiger partial charge >= 0.3 is 5.97 Å². The van der Waals surface area contributed by atoms with Gasteiger partial charge in [-0.15, -0.1) is 0 Å². The molecule has 0 radical (unpaired) electrons. The summed E-state index contributed by atoms with van der Waals surface area (Å²) in [7, 11) is 0. The van der Waals surface area contributed by atoms with E-state index < -0.39 is 12.0 Å². The first-order valence-corrected chi connectivity index (χ1v) is 6.58. The van der Waals surface area contributed by atoms with E-state index in [0.29, 0.717) is 30.4 Å². The summed E-state index contributed by atoms with van der Waals surface area (Å²) in [6.07, 6.45) is 2.81. The lowest BCUT2D eigenvalue weighted by atomic mass is 10.2. The number of thioether (sulfide) groups is 1. The first-order chi connectivity index (χ1) is 8.13. The monoisotopic (exact) mass is 260 g/mol. The molecule has 96 valence electrons. The van der Waals surface area contributed by atoms with Crippen LogP contribution in [-0.4, -0.2) is 47.0 Å². The van der Waals surface area contributed by atoms with Crippen molar-refractivity contribution in [2.75, 3.05) is 11.5 Å². The predicted octanol–water partition coefficient (Wildman–Crippen LogP) is -0.412. The zero-order chi connectivity index (χ0) is 12.7. The fourth-order valence-corrected chi connectivity index (χ4v) is 2.04. The summed E-state index contributed by atoms with van der Waals surface area (Å²) in [5, 5.41) is 13.8. The van der Waals surface area contributed by atoms with Crippen molar-refractivity contribution in [3.8, 4) is 0 Å². The lowest BCUT2D eigenvalue weighted by Crippen LogP contribution is -2.36. The highest BCUT2D eigenvalue weighted by Gasteiger charge is 2.23. The van der Waals surface area contributed by atoms with Gasteiger partial charge in [0, 0.05) is 6.04 Å². The molecule has 1 aliphatic rings. The van der Waals surface area contributed by atoms with Gasteiger partial charge in [-0.1, -0.05) is 0 Å². The molecule has 6 nitrogen and oxygen atoms in total. The molecule has 1 aliphatic carbocycles. The summed E-state index contributed by atoms with van der Waals surface area (Å²) < 4.78 is 0. The Morgan fingerprint density at radius 1 is 1.47 bits per heavy atom. The average molecular weight is 260 g/mol. The standard InChI is InChI=1S/C10H16N2O4S/c13-6-11-8(10(15)16)3-4-17-5-9(14)12-7-1-2-7/h6-8H,1-5H2,(H,11,13)(H,12,14)(H,15,16). The molecular weight excluding hydrogens is 244 g/mol. The number of carbonyl (C=O) groups excluding carboxylic acids is 2. The fourth-order valence-electron chi connectivity index (χ4n) is 1.22. The molecule has 3 N–H and O–H groups in total. The third kappa shape index (κ3) is 6.15. The highest BCUT2D eigenvalue weighted by molar-refractivity contribution is 7.99. The predicted molar refractivity (Wildman–Crippen MR) is 63.7 cm³/mol. The number of carboxylic acid groups (broad SMARTS) is 1. The molecule has 0 aliphatic heterocycles. The summed E-state index contributed by atoms with van der Waals surface area (Å²) in [4.78, 5) is 32.1. The van der Waals surface area contributed by atoms with Crippen LogP contribution in [0.5, 0.6) is 0 Å². The van der Waals surface area contributed by atoms with Gasteiger partial charge in [0.25, 0.3) is 0 Å². The lowest BCUT2D eigenvalue weighted by Gasteiger charge is -2.10. The summed E-state index contributed by atoms with van der Waals surface area (Å²) in [6.45, 7) is 0. The number of amides is 2. The lowest BCUT2D eigenvalue weighted by molar-refractivity contribution is -0.140. The van der Waals surface area contributed by atoms with Crippen LogP contribution in [0.15, 0.2) is 0 Å². The summed E-state index contributed by atoms with van der Waals surface area (Å²) >= 11 is 1.37. The fraction of sp³-hybridized carbons (Fsp3) is 0.700. The van der Waals surface area contributed by atoms with Crippen molar-refractivity contribution < 1.29 is 19.5 Å². The quantitative estimate of drug-likeness (QED) is 0.387. The normalized spacial score (nSPS) is 16.0. The van der Waals surface area contributed by atoms with E-state index in [0.717, 1.165) is 12.8 Å². The van der Waals surface area contributed by atoms with Gasteiger partial charge in [0.2, 0.25) is 12.3 Å². The molecular formula is C10H16N2O4S. The van der Waals surface area contributed by atoms with Crippen LogP contribution in [0.3, 0.4) is 0 Å². The Balaban J connectivity index is 2.06. The van der Waals surface area contributed by atoms with E-state index in [2.05, 4.69) is 10.6 Å². The van der Waals surface area contributed by atoms with Gasteiger partial charge in [0.15, 0.2) is 0 Å². The summed E-state index contributed by atoms with van der Waals surface area (Å²) in [5.74, 6) is -0.201. The van der Waals surface area contributed by atoms with Gasteiger partial charge in [-0.3, -0.25) is 9.59 Å². The number of rotatable bonds is 9. The van der Waals surface area contributed by atoms with E-state index in [-0.39, 0.29) is 5.91 Å². The van der Waals surface area contributed by atoms with Gasteiger partial charge in [-0.2, -0.15) is 11.8 Å². The maximum atomic E-state index is 11.3. The minimum Gasteiger partial charge on any atom is -0.480 e. The molecule has 17 heavy (non-hydrogen) atoms. The molecule has 1 atom stereocenters. The van der Waals surface area contributed by atoms with Crippen molar-refractivity contribution in [2.24, 2.45) is 0 Å². The van der Waals surface area contributed by atoms with Crippen molar-refractivity contribution in [1.29, 1.82) is 0 Å². The molecule has 1 unspecified atom stereocenters. The van der Waals surface area contributed by atoms with Crippen LogP contribution in [0.25, 0.3) is 0 Å². The summed E-state index contributed by atoms with van der Waals surface area (Å²) in [6, 6.07) is -0.516. The highest BCUT2D eigenvalue weighted by Crippen LogP contribution is 2.18. The molecule has 2 amide bonds. The SMILES string of the molecule is O=CNC(CCSCC(=O)NC1CC1)C(=O)O. The van der Waals surface area contributed by atoms with E-state index in [4.69, 9.17) is 5.11 Å². The van der Waals surface area contributed by atoms with E-state index in [1.54, 1.807) is 0 Å². The zero-order valence-electron chi connectivity index (χ0n) is 9.35. The van der Waals surface area contributed by atoms with Crippen molar-refractivity contribution in [2.45, 2.75) is 31.3 Å². The van der Waals surface area contributed by atoms with Crippen molar-refractivity contribution in [3.05, 3.63) is 0 Å². The molecule has 0 heterocycles. The van der Waals surface area contributed by atoms with E-state index in [1.807, 2.05) is 0 Å². The van der Waals surface area contributed by atoms with Crippen LogP contribution in [0, 0.1) is 0 Å². The Hall–Kier alpha value is -1.24. The second-order valence-corrected chi connectivity index (χ2v) is 4.96. The number of aliphatic carboxylic acids is 1. The first-order valence-electron chi connectivity index (χ1n) is 5.43. The molecule has 0 aromatic heterocycles. The van der Waals surface area contributed by atoms with Crippen molar-refractivity contribution in [1.82, 2.24) is 10.6 Å². The van der Waals surface area contributed by atoms with Gasteiger partial charge in [-0.05, 0) is 25.0 Å². The molecule has 0 bridgehead atoms. The second kappa shape index (κ2) is 7.16. The van der Waals surface area contributed by atoms with E-state index in [1.165, 1.54) is 11.8 Å². The Bertz CT molecular complexity index is 294. The minimum absolute atomic E-state index is 0.00674. The van der Waals surface area contributed by atoms with Crippen LogP contribution in [0.1, 0.15) is 19.3 Å². The Morgan fingerprint density at radius 3 is 2.71 bits per heavy atom. The number of carboxylic acids is 1. The largest absolute Gasteiger partial charge is 0.480 e. The number of nitrogens with one attached hydrogen (secondary N) is 2. The third-order valence-electron chi connectivity index (χ3n) is 2.29. The Labute approximate surface area is 104 Å². The van der Waals surface area contributed by atoms with Crippen molar-refractivity contribution in [3.63, 3.8) is 0 Å². The molecule has 1 rings (SSSR count). The van der Waals surface area contributed by atoms with Gasteiger partial charge in [0.1, 0.15) is 6.04 Å².